The van der Waals surface area contributed by atoms with E-state index in [4.69, 9.17) is 16.1 Å². The zero-order valence-electron chi connectivity index (χ0n) is 20.1. The number of carboxylic acids is 1. The van der Waals surface area contributed by atoms with Crippen molar-refractivity contribution in [1.29, 1.82) is 0 Å². The molecular weight excluding hydrogens is 510 g/mol. The summed E-state index contributed by atoms with van der Waals surface area (Å²) in [6, 6.07) is 22.7. The highest BCUT2D eigenvalue weighted by Crippen LogP contribution is 2.48. The van der Waals surface area contributed by atoms with Crippen molar-refractivity contribution in [2.24, 2.45) is 0 Å². The van der Waals surface area contributed by atoms with Gasteiger partial charge >= 0.3 is 5.97 Å². The summed E-state index contributed by atoms with van der Waals surface area (Å²) in [5, 5.41) is 14.0. The number of aryl methyl sites for hydroxylation is 1. The molecule has 6 nitrogen and oxygen atoms in total. The van der Waals surface area contributed by atoms with Crippen LogP contribution in [0.1, 0.15) is 36.0 Å². The van der Waals surface area contributed by atoms with Crippen LogP contribution in [0.4, 0.5) is 0 Å². The third kappa shape index (κ3) is 5.48. The number of rotatable bonds is 10. The van der Waals surface area contributed by atoms with Crippen LogP contribution in [-0.4, -0.2) is 30.4 Å². The lowest BCUT2D eigenvalue weighted by Crippen LogP contribution is -2.19. The summed E-state index contributed by atoms with van der Waals surface area (Å²) in [6.07, 6.45) is 3.88. The Morgan fingerprint density at radius 1 is 0.919 bits per heavy atom. The first kappa shape index (κ1) is 25.2. The van der Waals surface area contributed by atoms with E-state index in [1.54, 1.807) is 6.07 Å². The zero-order valence-corrected chi connectivity index (χ0v) is 21.6. The zero-order chi connectivity index (χ0) is 26.0. The molecule has 1 saturated carbocycles. The van der Waals surface area contributed by atoms with Crippen molar-refractivity contribution >= 4 is 27.4 Å². The lowest BCUT2D eigenvalue weighted by atomic mass is 9.93. The second-order valence-corrected chi connectivity index (χ2v) is 12.1. The fraction of sp³-hybridized carbons (Fsp3) is 0.241. The van der Waals surface area contributed by atoms with Gasteiger partial charge in [-0.05, 0) is 54.0 Å². The van der Waals surface area contributed by atoms with Crippen molar-refractivity contribution in [2.75, 3.05) is 5.75 Å². The van der Waals surface area contributed by atoms with Crippen LogP contribution in [0.5, 0.6) is 0 Å². The second-order valence-electron chi connectivity index (χ2n) is 9.51. The smallest absolute Gasteiger partial charge is 0.314 e. The molecular formula is C29H26ClNO5S. The normalized spacial score (nSPS) is 14.4. The first-order valence-corrected chi connectivity index (χ1v) is 14.3. The summed E-state index contributed by atoms with van der Waals surface area (Å²) in [6.45, 7) is 0. The molecule has 4 aromatic rings. The van der Waals surface area contributed by atoms with E-state index in [1.807, 2.05) is 66.7 Å². The van der Waals surface area contributed by atoms with Gasteiger partial charge in [-0.2, -0.15) is 0 Å². The minimum absolute atomic E-state index is 0.0426. The largest absolute Gasteiger partial charge is 0.481 e. The molecule has 1 N–H and O–H groups in total. The number of sulfone groups is 1. The first-order chi connectivity index (χ1) is 17.8. The highest BCUT2D eigenvalue weighted by Gasteiger charge is 2.51. The molecule has 0 spiro atoms. The number of halogens is 1. The van der Waals surface area contributed by atoms with Gasteiger partial charge in [-0.3, -0.25) is 4.79 Å². The van der Waals surface area contributed by atoms with E-state index in [0.717, 1.165) is 27.8 Å². The Morgan fingerprint density at radius 2 is 1.54 bits per heavy atom. The van der Waals surface area contributed by atoms with Crippen molar-refractivity contribution in [1.82, 2.24) is 5.16 Å². The van der Waals surface area contributed by atoms with Crippen molar-refractivity contribution in [2.45, 2.75) is 36.9 Å². The minimum atomic E-state index is -3.37. The molecule has 1 aromatic heterocycles. The van der Waals surface area contributed by atoms with Crippen LogP contribution in [-0.2, 0) is 32.2 Å². The van der Waals surface area contributed by atoms with Gasteiger partial charge in [-0.25, -0.2) is 8.42 Å². The molecule has 1 aliphatic rings. The number of carboxylic acid groups (broad SMARTS) is 1. The summed E-state index contributed by atoms with van der Waals surface area (Å²) in [5.74, 6) is -0.437. The molecule has 0 saturated heterocycles. The predicted molar refractivity (Wildman–Crippen MR) is 143 cm³/mol. The predicted octanol–water partition coefficient (Wildman–Crippen LogP) is 6.33. The summed E-state index contributed by atoms with van der Waals surface area (Å²) in [7, 11) is -3.37. The van der Waals surface area contributed by atoms with Crippen molar-refractivity contribution in [3.05, 3.63) is 101 Å². The van der Waals surface area contributed by atoms with Crippen molar-refractivity contribution < 1.29 is 22.8 Å². The fourth-order valence-corrected chi connectivity index (χ4v) is 6.28. The summed E-state index contributed by atoms with van der Waals surface area (Å²) in [4.78, 5) is 11.6. The fourth-order valence-electron chi connectivity index (χ4n) is 4.64. The molecule has 1 fully saturated rings. The van der Waals surface area contributed by atoms with Crippen LogP contribution in [0.25, 0.3) is 22.5 Å². The minimum Gasteiger partial charge on any atom is -0.481 e. The molecule has 37 heavy (non-hydrogen) atoms. The Hall–Kier alpha value is -3.42. The standard InChI is InChI=1S/C29H26ClNO5S/c30-26-6-2-1-4-22(26)5-3-17-37(34,35)19-24-18-31-36-27(24)23-9-7-20(8-10-23)21-11-13-25(14-12-21)29(15-16-29)28(32)33/h1-2,4,6-14,18H,3,5,15-17,19H2,(H,32,33). The molecule has 0 aliphatic heterocycles. The highest BCUT2D eigenvalue weighted by atomic mass is 35.5. The number of aliphatic carboxylic acids is 1. The number of hydrogen-bond acceptors (Lipinski definition) is 5. The Morgan fingerprint density at radius 3 is 2.16 bits per heavy atom. The monoisotopic (exact) mass is 535 g/mol. The maximum Gasteiger partial charge on any atom is 0.314 e. The number of aromatic nitrogens is 1. The summed E-state index contributed by atoms with van der Waals surface area (Å²) >= 11 is 6.18. The van der Waals surface area contributed by atoms with Gasteiger partial charge in [-0.1, -0.05) is 83.5 Å². The second kappa shape index (κ2) is 10.1. The van der Waals surface area contributed by atoms with E-state index in [9.17, 15) is 18.3 Å². The average Bonchev–Trinajstić information content (AvgIpc) is 3.59. The van der Waals surface area contributed by atoms with Crippen LogP contribution in [0.15, 0.2) is 83.5 Å². The van der Waals surface area contributed by atoms with Crippen LogP contribution < -0.4 is 0 Å². The Labute approximate surface area is 220 Å². The molecule has 3 aromatic carbocycles. The molecule has 1 aliphatic carbocycles. The van der Waals surface area contributed by atoms with Gasteiger partial charge in [0, 0.05) is 16.1 Å². The van der Waals surface area contributed by atoms with Crippen molar-refractivity contribution in [3.63, 3.8) is 0 Å². The summed E-state index contributed by atoms with van der Waals surface area (Å²) < 4.78 is 31.0. The van der Waals surface area contributed by atoms with Gasteiger partial charge in [0.05, 0.1) is 23.1 Å². The van der Waals surface area contributed by atoms with Gasteiger partial charge in [-0.15, -0.1) is 0 Å². The van der Waals surface area contributed by atoms with Crippen LogP contribution in [0.3, 0.4) is 0 Å². The van der Waals surface area contributed by atoms with E-state index in [-0.39, 0.29) is 11.5 Å². The molecule has 0 amide bonds. The molecule has 0 radical (unpaired) electrons. The number of carbonyl (C=O) groups is 1. The molecule has 8 heteroatoms. The lowest BCUT2D eigenvalue weighted by Gasteiger charge is -2.11. The van der Waals surface area contributed by atoms with Gasteiger partial charge in [0.1, 0.15) is 0 Å². The van der Waals surface area contributed by atoms with Crippen LogP contribution in [0.2, 0.25) is 5.02 Å². The Bertz CT molecular complexity index is 1520. The van der Waals surface area contributed by atoms with Gasteiger partial charge < -0.3 is 9.63 Å². The number of nitrogens with zero attached hydrogens (tertiary/aromatic N) is 1. The number of hydrogen-bond donors (Lipinski definition) is 1. The lowest BCUT2D eigenvalue weighted by molar-refractivity contribution is -0.140. The number of benzene rings is 3. The SMILES string of the molecule is O=C(O)C1(c2ccc(-c3ccc(-c4oncc4CS(=O)(=O)CCCc4ccccc4Cl)cc3)cc2)CC1. The highest BCUT2D eigenvalue weighted by molar-refractivity contribution is 7.90. The topological polar surface area (TPSA) is 97.5 Å². The quantitative estimate of drug-likeness (QED) is 0.255. The Kier molecular flexibility index (Phi) is 6.92. The van der Waals surface area contributed by atoms with Gasteiger partial charge in [0.2, 0.25) is 0 Å². The molecule has 5 rings (SSSR count). The molecule has 1 heterocycles. The summed E-state index contributed by atoms with van der Waals surface area (Å²) in [5.41, 5.74) is 4.24. The van der Waals surface area contributed by atoms with E-state index in [1.165, 1.54) is 6.20 Å². The van der Waals surface area contributed by atoms with Gasteiger partial charge in [0.25, 0.3) is 0 Å². The maximum atomic E-state index is 12.8. The van der Waals surface area contributed by atoms with Gasteiger partial charge in [0.15, 0.2) is 15.6 Å². The van der Waals surface area contributed by atoms with Crippen LogP contribution >= 0.6 is 11.6 Å². The first-order valence-electron chi connectivity index (χ1n) is 12.1. The third-order valence-corrected chi connectivity index (χ3v) is 8.99. The average molecular weight is 536 g/mol. The van der Waals surface area contributed by atoms with E-state index in [2.05, 4.69) is 5.16 Å². The molecule has 0 atom stereocenters. The van der Waals surface area contributed by atoms with E-state index >= 15 is 0 Å². The van der Waals surface area contributed by atoms with E-state index < -0.39 is 21.2 Å². The maximum absolute atomic E-state index is 12.8. The third-order valence-electron chi connectivity index (χ3n) is 6.96. The molecule has 190 valence electrons. The van der Waals surface area contributed by atoms with Crippen molar-refractivity contribution in [3.8, 4) is 22.5 Å². The van der Waals surface area contributed by atoms with E-state index in [0.29, 0.717) is 42.0 Å². The molecule has 0 bridgehead atoms. The van der Waals surface area contributed by atoms with Crippen LogP contribution in [0, 0.1) is 0 Å². The molecule has 0 unspecified atom stereocenters. The Balaban J connectivity index is 1.25.